The Hall–Kier alpha value is -3.32. The van der Waals surface area contributed by atoms with Gasteiger partial charge in [-0.15, -0.1) is 0 Å². The highest BCUT2D eigenvalue weighted by Gasteiger charge is 2.48. The summed E-state index contributed by atoms with van der Waals surface area (Å²) >= 11 is 0. The van der Waals surface area contributed by atoms with Crippen LogP contribution >= 0.6 is 0 Å². The summed E-state index contributed by atoms with van der Waals surface area (Å²) in [4.78, 5) is 28.3. The quantitative estimate of drug-likeness (QED) is 0.691. The first-order valence-corrected chi connectivity index (χ1v) is 10.4. The van der Waals surface area contributed by atoms with Crippen LogP contribution in [-0.4, -0.2) is 50.2 Å². The van der Waals surface area contributed by atoms with Crippen molar-refractivity contribution >= 4 is 23.3 Å². The van der Waals surface area contributed by atoms with E-state index in [1.165, 1.54) is 0 Å². The molecule has 0 saturated heterocycles. The van der Waals surface area contributed by atoms with Crippen LogP contribution in [0.25, 0.3) is 0 Å². The highest BCUT2D eigenvalue weighted by molar-refractivity contribution is 6.11. The number of likely N-dealkylation sites (N-methyl/N-ethyl adjacent to an activating group) is 1. The van der Waals surface area contributed by atoms with Crippen molar-refractivity contribution in [2.75, 3.05) is 37.2 Å². The SMILES string of the molecule is CCOC(=O)C1C2=C(C(=O)N(c3ccc(C)cc3)CC2)N(c2ccc(OC)cc2)N1C. The minimum atomic E-state index is -0.624. The van der Waals surface area contributed by atoms with Crippen LogP contribution in [-0.2, 0) is 14.3 Å². The third-order valence-electron chi connectivity index (χ3n) is 5.76. The molecule has 0 radical (unpaired) electrons. The van der Waals surface area contributed by atoms with E-state index in [-0.39, 0.29) is 18.5 Å². The van der Waals surface area contributed by atoms with Gasteiger partial charge in [-0.25, -0.2) is 9.80 Å². The number of anilines is 2. The number of benzene rings is 2. The highest BCUT2D eigenvalue weighted by Crippen LogP contribution is 2.40. The predicted octanol–water partition coefficient (Wildman–Crippen LogP) is 3.29. The average molecular weight is 421 g/mol. The van der Waals surface area contributed by atoms with Gasteiger partial charge in [0, 0.05) is 19.3 Å². The van der Waals surface area contributed by atoms with Gasteiger partial charge in [0.1, 0.15) is 11.4 Å². The van der Waals surface area contributed by atoms with Crippen LogP contribution < -0.4 is 14.6 Å². The lowest BCUT2D eigenvalue weighted by atomic mass is 9.98. The molecule has 0 saturated carbocycles. The van der Waals surface area contributed by atoms with Crippen molar-refractivity contribution in [2.24, 2.45) is 0 Å². The fraction of sp³-hybridized carbons (Fsp3) is 0.333. The smallest absolute Gasteiger partial charge is 0.329 e. The maximum absolute atomic E-state index is 13.7. The number of hydrazine groups is 1. The fourth-order valence-corrected chi connectivity index (χ4v) is 4.23. The zero-order valence-electron chi connectivity index (χ0n) is 18.3. The summed E-state index contributed by atoms with van der Waals surface area (Å²) in [7, 11) is 3.42. The number of esters is 1. The maximum Gasteiger partial charge on any atom is 0.329 e. The first kappa shape index (κ1) is 20.9. The Balaban J connectivity index is 1.77. The minimum absolute atomic E-state index is 0.125. The van der Waals surface area contributed by atoms with Crippen molar-refractivity contribution in [3.63, 3.8) is 0 Å². The van der Waals surface area contributed by atoms with Gasteiger partial charge in [-0.3, -0.25) is 9.80 Å². The van der Waals surface area contributed by atoms with Gasteiger partial charge in [-0.1, -0.05) is 17.7 Å². The lowest BCUT2D eigenvalue weighted by Crippen LogP contribution is -2.45. The first-order valence-electron chi connectivity index (χ1n) is 10.4. The zero-order chi connectivity index (χ0) is 22.1. The Morgan fingerprint density at radius 3 is 2.32 bits per heavy atom. The number of carbonyl (C=O) groups excluding carboxylic acids is 2. The van der Waals surface area contributed by atoms with Crippen LogP contribution in [0.15, 0.2) is 59.8 Å². The molecule has 0 spiro atoms. The number of methoxy groups -OCH3 is 1. The normalized spacial score (nSPS) is 19.0. The van der Waals surface area contributed by atoms with Gasteiger partial charge in [-0.2, -0.15) is 0 Å². The molecule has 7 nitrogen and oxygen atoms in total. The molecule has 2 aromatic carbocycles. The monoisotopic (exact) mass is 421 g/mol. The molecule has 0 N–H and O–H groups in total. The topological polar surface area (TPSA) is 62.3 Å². The molecule has 7 heteroatoms. The van der Waals surface area contributed by atoms with E-state index >= 15 is 0 Å². The van der Waals surface area contributed by atoms with Crippen molar-refractivity contribution in [2.45, 2.75) is 26.3 Å². The molecule has 2 aliphatic rings. The van der Waals surface area contributed by atoms with Crippen LogP contribution in [0.4, 0.5) is 11.4 Å². The summed E-state index contributed by atoms with van der Waals surface area (Å²) in [6.07, 6.45) is 0.593. The molecule has 162 valence electrons. The van der Waals surface area contributed by atoms with Crippen molar-refractivity contribution in [3.8, 4) is 5.75 Å². The molecule has 0 aromatic heterocycles. The van der Waals surface area contributed by atoms with Gasteiger partial charge < -0.3 is 14.4 Å². The number of aryl methyl sites for hydroxylation is 1. The number of rotatable bonds is 5. The van der Waals surface area contributed by atoms with Crippen LogP contribution in [0.1, 0.15) is 18.9 Å². The van der Waals surface area contributed by atoms with E-state index in [2.05, 4.69) is 0 Å². The maximum atomic E-state index is 13.7. The summed E-state index contributed by atoms with van der Waals surface area (Å²) in [6.45, 7) is 4.61. The summed E-state index contributed by atoms with van der Waals surface area (Å²) in [5.74, 6) is 0.252. The van der Waals surface area contributed by atoms with Crippen LogP contribution in [0.5, 0.6) is 5.75 Å². The zero-order valence-corrected chi connectivity index (χ0v) is 18.3. The van der Waals surface area contributed by atoms with E-state index in [4.69, 9.17) is 9.47 Å². The first-order chi connectivity index (χ1) is 15.0. The Morgan fingerprint density at radius 1 is 1.06 bits per heavy atom. The number of hydrogen-bond donors (Lipinski definition) is 0. The Morgan fingerprint density at radius 2 is 1.71 bits per heavy atom. The molecule has 0 bridgehead atoms. The largest absolute Gasteiger partial charge is 0.497 e. The Labute approximate surface area is 182 Å². The van der Waals surface area contributed by atoms with E-state index in [1.54, 1.807) is 23.9 Å². The predicted molar refractivity (Wildman–Crippen MR) is 119 cm³/mol. The van der Waals surface area contributed by atoms with E-state index in [0.717, 1.165) is 28.3 Å². The Kier molecular flexibility index (Phi) is 5.69. The Bertz CT molecular complexity index is 1010. The molecule has 1 unspecified atom stereocenters. The second-order valence-corrected chi connectivity index (χ2v) is 7.65. The van der Waals surface area contributed by atoms with Crippen molar-refractivity contribution in [1.82, 2.24) is 5.01 Å². The molecule has 31 heavy (non-hydrogen) atoms. The molecular formula is C24H27N3O4. The van der Waals surface area contributed by atoms with Gasteiger partial charge in [0.05, 0.1) is 19.4 Å². The third-order valence-corrected chi connectivity index (χ3v) is 5.76. The van der Waals surface area contributed by atoms with Gasteiger partial charge >= 0.3 is 5.97 Å². The number of hydrogen-bond acceptors (Lipinski definition) is 6. The summed E-state index contributed by atoms with van der Waals surface area (Å²) in [6, 6.07) is 14.7. The van der Waals surface area contributed by atoms with Crippen LogP contribution in [0, 0.1) is 6.92 Å². The molecule has 1 atom stereocenters. The van der Waals surface area contributed by atoms with Gasteiger partial charge in [0.15, 0.2) is 6.04 Å². The molecule has 0 fully saturated rings. The van der Waals surface area contributed by atoms with E-state index in [9.17, 15) is 9.59 Å². The summed E-state index contributed by atoms with van der Waals surface area (Å²) in [5.41, 5.74) is 4.07. The molecule has 2 heterocycles. The summed E-state index contributed by atoms with van der Waals surface area (Å²) in [5, 5.41) is 3.61. The second-order valence-electron chi connectivity index (χ2n) is 7.65. The summed E-state index contributed by atoms with van der Waals surface area (Å²) < 4.78 is 10.6. The molecule has 4 rings (SSSR count). The van der Waals surface area contributed by atoms with Crippen LogP contribution in [0.2, 0.25) is 0 Å². The number of amides is 1. The van der Waals surface area contributed by atoms with Gasteiger partial charge in [-0.05, 0) is 62.2 Å². The van der Waals surface area contributed by atoms with E-state index < -0.39 is 6.04 Å². The average Bonchev–Trinajstić information content (AvgIpc) is 3.08. The highest BCUT2D eigenvalue weighted by atomic mass is 16.5. The van der Waals surface area contributed by atoms with E-state index in [1.807, 2.05) is 67.5 Å². The van der Waals surface area contributed by atoms with Crippen molar-refractivity contribution in [1.29, 1.82) is 0 Å². The molecule has 0 aliphatic carbocycles. The van der Waals surface area contributed by atoms with Crippen LogP contribution in [0.3, 0.4) is 0 Å². The number of carbonyl (C=O) groups is 2. The van der Waals surface area contributed by atoms with Crippen molar-refractivity contribution < 1.29 is 19.1 Å². The third kappa shape index (κ3) is 3.65. The molecule has 2 aliphatic heterocycles. The molecular weight excluding hydrogens is 394 g/mol. The standard InChI is InChI=1S/C24H27N3O4/c1-5-31-24(29)22-20-14-15-26(17-8-6-16(2)7-9-17)23(28)21(20)27(25(22)3)18-10-12-19(30-4)13-11-18/h6-13,22H,5,14-15H2,1-4H3. The lowest BCUT2D eigenvalue weighted by Gasteiger charge is -2.33. The molecule has 1 amide bonds. The fourth-order valence-electron chi connectivity index (χ4n) is 4.23. The minimum Gasteiger partial charge on any atom is -0.497 e. The molecule has 2 aromatic rings. The number of nitrogens with zero attached hydrogens (tertiary/aromatic N) is 3. The number of ether oxygens (including phenoxy) is 2. The van der Waals surface area contributed by atoms with Gasteiger partial charge in [0.25, 0.3) is 5.91 Å². The van der Waals surface area contributed by atoms with E-state index in [0.29, 0.717) is 18.7 Å². The second kappa shape index (κ2) is 8.43. The van der Waals surface area contributed by atoms with Gasteiger partial charge in [0.2, 0.25) is 0 Å². The lowest BCUT2D eigenvalue weighted by molar-refractivity contribution is -0.147. The van der Waals surface area contributed by atoms with Crippen molar-refractivity contribution in [3.05, 3.63) is 65.4 Å².